The first-order valence-corrected chi connectivity index (χ1v) is 6.05. The number of rotatable bonds is 0. The van der Waals surface area contributed by atoms with Crippen LogP contribution in [0.25, 0.3) is 0 Å². The molecule has 0 saturated heterocycles. The zero-order valence-corrected chi connectivity index (χ0v) is 10.3. The van der Waals surface area contributed by atoms with Crippen molar-refractivity contribution in [2.75, 3.05) is 0 Å². The van der Waals surface area contributed by atoms with E-state index >= 15 is 0 Å². The average Bonchev–Trinajstić information content (AvgIpc) is 2.26. The highest BCUT2D eigenvalue weighted by Gasteiger charge is 2.43. The molecule has 0 aliphatic heterocycles. The van der Waals surface area contributed by atoms with E-state index in [2.05, 4.69) is 26.2 Å². The second-order valence-electron chi connectivity index (χ2n) is 5.34. The van der Waals surface area contributed by atoms with Crippen LogP contribution in [0.4, 0.5) is 0 Å². The van der Waals surface area contributed by atoms with Crippen molar-refractivity contribution in [3.63, 3.8) is 0 Å². The van der Waals surface area contributed by atoms with Crippen LogP contribution in [0.1, 0.15) is 39.5 Å². The Labute approximate surface area is 97.9 Å². The van der Waals surface area contributed by atoms with Crippen LogP contribution in [0.15, 0.2) is 36.0 Å². The molecule has 0 aromatic rings. The molecule has 0 N–H and O–H groups in total. The molecule has 0 aromatic heterocycles. The van der Waals surface area contributed by atoms with Gasteiger partial charge < -0.3 is 0 Å². The highest BCUT2D eigenvalue weighted by molar-refractivity contribution is 5.96. The van der Waals surface area contributed by atoms with E-state index in [-0.39, 0.29) is 11.2 Å². The molecule has 0 bridgehead atoms. The van der Waals surface area contributed by atoms with Gasteiger partial charge in [-0.15, -0.1) is 0 Å². The maximum Gasteiger partial charge on any atom is 0.159 e. The molecule has 0 aromatic carbocycles. The van der Waals surface area contributed by atoms with Crippen molar-refractivity contribution in [2.24, 2.45) is 11.3 Å². The predicted octanol–water partition coefficient (Wildman–Crippen LogP) is 3.82. The van der Waals surface area contributed by atoms with Crippen molar-refractivity contribution < 1.29 is 4.79 Å². The molecule has 86 valence electrons. The number of hydrogen-bond acceptors (Lipinski definition) is 1. The summed E-state index contributed by atoms with van der Waals surface area (Å²) in [6.07, 6.45) is 5.76. The second kappa shape index (κ2) is 3.73. The predicted molar refractivity (Wildman–Crippen MR) is 67.1 cm³/mol. The lowest BCUT2D eigenvalue weighted by Gasteiger charge is -2.45. The largest absolute Gasteiger partial charge is 0.295 e. The number of Topliss-reactive ketones (excluding diaryl/α,β-unsaturated/α-hetero) is 1. The molecule has 0 radical (unpaired) electrons. The quantitative estimate of drug-likeness (QED) is 0.562. The smallest absolute Gasteiger partial charge is 0.159 e. The van der Waals surface area contributed by atoms with E-state index in [1.54, 1.807) is 0 Å². The van der Waals surface area contributed by atoms with E-state index in [4.69, 9.17) is 0 Å². The van der Waals surface area contributed by atoms with E-state index in [0.717, 1.165) is 24.8 Å². The lowest BCUT2D eigenvalue weighted by atomic mass is 9.58. The summed E-state index contributed by atoms with van der Waals surface area (Å²) in [7, 11) is 0. The van der Waals surface area contributed by atoms with Crippen LogP contribution < -0.4 is 0 Å². The maximum absolute atomic E-state index is 11.9. The SMILES string of the molecule is C=C1CC[C@H](C)C(=C)[C@]12CC=C(C)C(=O)C2. The van der Waals surface area contributed by atoms with Crippen LogP contribution in [-0.4, -0.2) is 5.78 Å². The fourth-order valence-corrected chi connectivity index (χ4v) is 2.94. The van der Waals surface area contributed by atoms with E-state index in [1.165, 1.54) is 11.1 Å². The third kappa shape index (κ3) is 1.50. The lowest BCUT2D eigenvalue weighted by molar-refractivity contribution is -0.117. The molecular weight excluding hydrogens is 196 g/mol. The summed E-state index contributed by atoms with van der Waals surface area (Å²) in [6, 6.07) is 0. The molecule has 1 spiro atoms. The molecule has 0 amide bonds. The van der Waals surface area contributed by atoms with Crippen molar-refractivity contribution in [1.82, 2.24) is 0 Å². The van der Waals surface area contributed by atoms with Gasteiger partial charge in [-0.25, -0.2) is 0 Å². The Hall–Kier alpha value is -1.11. The first-order valence-electron chi connectivity index (χ1n) is 6.05. The summed E-state index contributed by atoms with van der Waals surface area (Å²) in [5, 5.41) is 0. The van der Waals surface area contributed by atoms with Gasteiger partial charge in [0.2, 0.25) is 0 Å². The topological polar surface area (TPSA) is 17.1 Å². The molecule has 1 saturated carbocycles. The molecule has 1 nitrogen and oxygen atoms in total. The summed E-state index contributed by atoms with van der Waals surface area (Å²) in [4.78, 5) is 11.9. The van der Waals surface area contributed by atoms with Gasteiger partial charge in [0.15, 0.2) is 5.78 Å². The van der Waals surface area contributed by atoms with E-state index in [1.807, 2.05) is 6.92 Å². The minimum Gasteiger partial charge on any atom is -0.295 e. The van der Waals surface area contributed by atoms with Crippen molar-refractivity contribution in [3.8, 4) is 0 Å². The van der Waals surface area contributed by atoms with E-state index in [0.29, 0.717) is 12.3 Å². The molecule has 1 heteroatoms. The van der Waals surface area contributed by atoms with Crippen molar-refractivity contribution >= 4 is 5.78 Å². The monoisotopic (exact) mass is 216 g/mol. The van der Waals surface area contributed by atoms with Gasteiger partial charge in [0.05, 0.1) is 0 Å². The van der Waals surface area contributed by atoms with Gasteiger partial charge in [0.25, 0.3) is 0 Å². The average molecular weight is 216 g/mol. The molecule has 2 rings (SSSR count). The van der Waals surface area contributed by atoms with Crippen molar-refractivity contribution in [2.45, 2.75) is 39.5 Å². The summed E-state index contributed by atoms with van der Waals surface area (Å²) in [5.41, 5.74) is 3.23. The first-order chi connectivity index (χ1) is 7.47. The maximum atomic E-state index is 11.9. The summed E-state index contributed by atoms with van der Waals surface area (Å²) in [6.45, 7) is 12.6. The number of ketones is 1. The van der Waals surface area contributed by atoms with Crippen LogP contribution in [0.2, 0.25) is 0 Å². The highest BCUT2D eigenvalue weighted by Crippen LogP contribution is 2.53. The van der Waals surface area contributed by atoms with Gasteiger partial charge in [-0.3, -0.25) is 4.79 Å². The minimum atomic E-state index is -0.117. The fourth-order valence-electron chi connectivity index (χ4n) is 2.94. The Morgan fingerprint density at radius 3 is 2.75 bits per heavy atom. The first kappa shape index (κ1) is 11.4. The summed E-state index contributed by atoms with van der Waals surface area (Å²) in [5.74, 6) is 0.785. The zero-order valence-electron chi connectivity index (χ0n) is 10.3. The standard InChI is InChI=1S/C15H20O/c1-10-5-6-12(3)15(13(10)4)8-7-11(2)14(16)9-15/h7,10H,3-6,8-9H2,1-2H3/t10-,15-/m0/s1. The molecule has 1 fully saturated rings. The Kier molecular flexibility index (Phi) is 2.65. The summed E-state index contributed by atoms with van der Waals surface area (Å²) < 4.78 is 0. The van der Waals surface area contributed by atoms with E-state index in [9.17, 15) is 4.79 Å². The van der Waals surface area contributed by atoms with Gasteiger partial charge in [-0.2, -0.15) is 0 Å². The number of allylic oxidation sites excluding steroid dienone is 4. The van der Waals surface area contributed by atoms with Gasteiger partial charge in [0, 0.05) is 11.8 Å². The molecule has 2 atom stereocenters. The summed E-state index contributed by atoms with van der Waals surface area (Å²) >= 11 is 0. The normalized spacial score (nSPS) is 35.5. The van der Waals surface area contributed by atoms with Crippen LogP contribution in [0.5, 0.6) is 0 Å². The number of carbonyl (C=O) groups excluding carboxylic acids is 1. The van der Waals surface area contributed by atoms with Crippen LogP contribution >= 0.6 is 0 Å². The molecular formula is C15H20O. The lowest BCUT2D eigenvalue weighted by Crippen LogP contribution is -2.36. The number of hydrogen-bond donors (Lipinski definition) is 0. The zero-order chi connectivity index (χ0) is 11.9. The molecule has 2 aliphatic carbocycles. The molecule has 16 heavy (non-hydrogen) atoms. The van der Waals surface area contributed by atoms with Crippen LogP contribution in [-0.2, 0) is 4.79 Å². The molecule has 0 heterocycles. The van der Waals surface area contributed by atoms with Gasteiger partial charge in [0.1, 0.15) is 0 Å². The van der Waals surface area contributed by atoms with Gasteiger partial charge in [-0.1, -0.05) is 37.3 Å². The Balaban J connectivity index is 2.40. The van der Waals surface area contributed by atoms with Crippen LogP contribution in [0, 0.1) is 11.3 Å². The Morgan fingerprint density at radius 2 is 2.12 bits per heavy atom. The number of carbonyl (C=O) groups is 1. The third-order valence-electron chi connectivity index (χ3n) is 4.42. The Morgan fingerprint density at radius 1 is 1.44 bits per heavy atom. The van der Waals surface area contributed by atoms with E-state index < -0.39 is 0 Å². The third-order valence-corrected chi connectivity index (χ3v) is 4.42. The molecule has 0 unspecified atom stereocenters. The van der Waals surface area contributed by atoms with Crippen molar-refractivity contribution in [1.29, 1.82) is 0 Å². The highest BCUT2D eigenvalue weighted by atomic mass is 16.1. The van der Waals surface area contributed by atoms with Gasteiger partial charge in [-0.05, 0) is 37.7 Å². The van der Waals surface area contributed by atoms with Crippen LogP contribution in [0.3, 0.4) is 0 Å². The van der Waals surface area contributed by atoms with Gasteiger partial charge >= 0.3 is 0 Å². The minimum absolute atomic E-state index is 0.117. The van der Waals surface area contributed by atoms with Crippen molar-refractivity contribution in [3.05, 3.63) is 36.0 Å². The molecule has 2 aliphatic rings. The fraction of sp³-hybridized carbons (Fsp3) is 0.533. The second-order valence-corrected chi connectivity index (χ2v) is 5.34. The Bertz CT molecular complexity index is 400.